The second-order valence-electron chi connectivity index (χ2n) is 4.93. The highest BCUT2D eigenvalue weighted by Crippen LogP contribution is 2.29. The lowest BCUT2D eigenvalue weighted by Crippen LogP contribution is -2.25. The number of rotatable bonds is 7. The number of hydrazone groups is 1. The fourth-order valence-corrected chi connectivity index (χ4v) is 2.42. The van der Waals surface area contributed by atoms with E-state index in [0.717, 1.165) is 11.4 Å². The van der Waals surface area contributed by atoms with Crippen LogP contribution in [0.1, 0.15) is 12.5 Å². The maximum Gasteiger partial charge on any atom is 0.259 e. The number of carbonyl (C=O) groups is 1. The zero-order valence-electron chi connectivity index (χ0n) is 13.4. The van der Waals surface area contributed by atoms with Crippen LogP contribution in [0.2, 0.25) is 10.0 Å². The van der Waals surface area contributed by atoms with E-state index >= 15 is 0 Å². The number of amides is 1. The summed E-state index contributed by atoms with van der Waals surface area (Å²) < 4.78 is 5.34. The molecule has 0 aliphatic carbocycles. The van der Waals surface area contributed by atoms with Gasteiger partial charge in [0.1, 0.15) is 11.5 Å². The molecule has 0 aliphatic heterocycles. The molecule has 8 heteroatoms. The molecule has 6 nitrogen and oxygen atoms in total. The molecule has 2 rings (SSSR count). The molecule has 3 N–H and O–H groups in total. The minimum Gasteiger partial charge on any atom is -0.506 e. The van der Waals surface area contributed by atoms with Crippen LogP contribution in [0.4, 0.5) is 5.69 Å². The maximum atomic E-state index is 11.8. The summed E-state index contributed by atoms with van der Waals surface area (Å²) in [6.07, 6.45) is 1.27. The molecule has 2 aromatic rings. The van der Waals surface area contributed by atoms with E-state index in [2.05, 4.69) is 15.8 Å². The van der Waals surface area contributed by atoms with Crippen molar-refractivity contribution in [3.63, 3.8) is 0 Å². The maximum absolute atomic E-state index is 11.8. The van der Waals surface area contributed by atoms with Crippen LogP contribution in [0.5, 0.6) is 11.5 Å². The van der Waals surface area contributed by atoms with Gasteiger partial charge in [0.2, 0.25) is 0 Å². The molecule has 2 aromatic carbocycles. The minimum atomic E-state index is -0.349. The normalized spacial score (nSPS) is 10.7. The Morgan fingerprint density at radius 1 is 1.28 bits per heavy atom. The van der Waals surface area contributed by atoms with Crippen molar-refractivity contribution in [2.24, 2.45) is 5.10 Å². The topological polar surface area (TPSA) is 83.0 Å². The summed E-state index contributed by atoms with van der Waals surface area (Å²) in [6.45, 7) is 2.54. The summed E-state index contributed by atoms with van der Waals surface area (Å²) >= 11 is 11.7. The number of phenols is 1. The van der Waals surface area contributed by atoms with Gasteiger partial charge >= 0.3 is 0 Å². The number of hydrogen-bond donors (Lipinski definition) is 3. The number of nitrogens with one attached hydrogen (secondary N) is 2. The number of carbonyl (C=O) groups excluding carboxylic acids is 1. The van der Waals surface area contributed by atoms with E-state index in [-0.39, 0.29) is 23.2 Å². The van der Waals surface area contributed by atoms with Gasteiger partial charge in [0, 0.05) is 16.3 Å². The van der Waals surface area contributed by atoms with Crippen molar-refractivity contribution in [2.45, 2.75) is 6.92 Å². The average Bonchev–Trinajstić information content (AvgIpc) is 2.58. The highest BCUT2D eigenvalue weighted by Gasteiger charge is 2.06. The average molecular weight is 382 g/mol. The summed E-state index contributed by atoms with van der Waals surface area (Å²) in [5.74, 6) is 0.261. The number of aromatic hydroxyl groups is 1. The van der Waals surface area contributed by atoms with Crippen LogP contribution in [-0.4, -0.2) is 30.4 Å². The molecule has 0 saturated heterocycles. The molecule has 0 heterocycles. The van der Waals surface area contributed by atoms with Crippen LogP contribution in [-0.2, 0) is 4.79 Å². The van der Waals surface area contributed by atoms with Crippen molar-refractivity contribution in [2.75, 3.05) is 18.5 Å². The fourth-order valence-electron chi connectivity index (χ4n) is 1.92. The van der Waals surface area contributed by atoms with E-state index in [1.807, 2.05) is 31.2 Å². The molecule has 132 valence electrons. The third kappa shape index (κ3) is 5.85. The van der Waals surface area contributed by atoms with E-state index in [4.69, 9.17) is 27.9 Å². The molecule has 0 saturated carbocycles. The second-order valence-corrected chi connectivity index (χ2v) is 5.77. The number of ether oxygens (including phenoxy) is 1. The third-order valence-corrected chi connectivity index (χ3v) is 3.58. The summed E-state index contributed by atoms with van der Waals surface area (Å²) in [5, 5.41) is 17.0. The highest BCUT2D eigenvalue weighted by atomic mass is 35.5. The SMILES string of the molecule is CCOc1ccc(NCC(=O)NN=Cc2cc(Cl)cc(Cl)c2O)cc1. The van der Waals surface area contributed by atoms with Gasteiger partial charge < -0.3 is 15.2 Å². The van der Waals surface area contributed by atoms with Gasteiger partial charge in [-0.2, -0.15) is 5.10 Å². The molecule has 0 radical (unpaired) electrons. The third-order valence-electron chi connectivity index (χ3n) is 3.07. The summed E-state index contributed by atoms with van der Waals surface area (Å²) in [6, 6.07) is 10.1. The van der Waals surface area contributed by atoms with Gasteiger partial charge in [0.25, 0.3) is 5.91 Å². The molecule has 0 atom stereocenters. The van der Waals surface area contributed by atoms with Gasteiger partial charge in [-0.05, 0) is 43.3 Å². The zero-order chi connectivity index (χ0) is 18.2. The van der Waals surface area contributed by atoms with E-state index in [1.165, 1.54) is 18.3 Å². The zero-order valence-corrected chi connectivity index (χ0v) is 14.9. The van der Waals surface area contributed by atoms with Gasteiger partial charge in [-0.25, -0.2) is 5.43 Å². The summed E-state index contributed by atoms with van der Waals surface area (Å²) in [4.78, 5) is 11.8. The quantitative estimate of drug-likeness (QED) is 0.504. The van der Waals surface area contributed by atoms with Crippen molar-refractivity contribution in [1.29, 1.82) is 0 Å². The first kappa shape index (κ1) is 18.9. The molecular weight excluding hydrogens is 365 g/mol. The van der Waals surface area contributed by atoms with Gasteiger partial charge in [0.15, 0.2) is 0 Å². The Balaban J connectivity index is 1.84. The van der Waals surface area contributed by atoms with Gasteiger partial charge in [0.05, 0.1) is 24.4 Å². The Labute approximate surface area is 155 Å². The van der Waals surface area contributed by atoms with E-state index < -0.39 is 0 Å². The van der Waals surface area contributed by atoms with Crippen LogP contribution in [0, 0.1) is 0 Å². The lowest BCUT2D eigenvalue weighted by atomic mass is 10.2. The standard InChI is InChI=1S/C17H17Cl2N3O3/c1-2-25-14-5-3-13(4-6-14)20-10-16(23)22-21-9-11-7-12(18)8-15(19)17(11)24/h3-9,20,24H,2,10H2,1H3,(H,22,23). The Morgan fingerprint density at radius 2 is 2.00 bits per heavy atom. The van der Waals surface area contributed by atoms with E-state index in [0.29, 0.717) is 17.2 Å². The molecule has 0 aliphatic rings. The first-order valence-electron chi connectivity index (χ1n) is 7.46. The summed E-state index contributed by atoms with van der Waals surface area (Å²) in [5.41, 5.74) is 3.43. The lowest BCUT2D eigenvalue weighted by molar-refractivity contribution is -0.119. The highest BCUT2D eigenvalue weighted by molar-refractivity contribution is 6.36. The number of halogens is 2. The van der Waals surface area contributed by atoms with Crippen LogP contribution >= 0.6 is 23.2 Å². The number of hydrogen-bond acceptors (Lipinski definition) is 5. The molecule has 0 fully saturated rings. The molecule has 0 spiro atoms. The number of phenolic OH excluding ortho intramolecular Hbond substituents is 1. The number of anilines is 1. The predicted octanol–water partition coefficient (Wildman–Crippen LogP) is 3.66. The Kier molecular flexibility index (Phi) is 6.91. The minimum absolute atomic E-state index is 0.0353. The summed E-state index contributed by atoms with van der Waals surface area (Å²) in [7, 11) is 0. The molecule has 0 unspecified atom stereocenters. The van der Waals surface area contributed by atoms with Crippen LogP contribution in [0.15, 0.2) is 41.5 Å². The molecule has 0 aromatic heterocycles. The smallest absolute Gasteiger partial charge is 0.259 e. The van der Waals surface area contributed by atoms with Crippen molar-refractivity contribution in [1.82, 2.24) is 5.43 Å². The molecule has 25 heavy (non-hydrogen) atoms. The van der Waals surface area contributed by atoms with Gasteiger partial charge in [-0.1, -0.05) is 23.2 Å². The van der Waals surface area contributed by atoms with Gasteiger partial charge in [-0.15, -0.1) is 0 Å². The van der Waals surface area contributed by atoms with Crippen molar-refractivity contribution in [3.05, 3.63) is 52.0 Å². The van der Waals surface area contributed by atoms with Crippen molar-refractivity contribution >= 4 is 41.0 Å². The fraction of sp³-hybridized carbons (Fsp3) is 0.176. The van der Waals surface area contributed by atoms with Gasteiger partial charge in [-0.3, -0.25) is 4.79 Å². The molecular formula is C17H17Cl2N3O3. The molecule has 0 bridgehead atoms. The first-order valence-corrected chi connectivity index (χ1v) is 8.22. The largest absolute Gasteiger partial charge is 0.506 e. The number of benzene rings is 2. The lowest BCUT2D eigenvalue weighted by Gasteiger charge is -2.07. The Morgan fingerprint density at radius 3 is 2.68 bits per heavy atom. The van der Waals surface area contributed by atoms with Crippen molar-refractivity contribution < 1.29 is 14.6 Å². The van der Waals surface area contributed by atoms with Crippen LogP contribution < -0.4 is 15.5 Å². The van der Waals surface area contributed by atoms with Crippen LogP contribution in [0.25, 0.3) is 0 Å². The monoisotopic (exact) mass is 381 g/mol. The Bertz CT molecular complexity index is 764. The predicted molar refractivity (Wildman–Crippen MR) is 100.0 cm³/mol. The van der Waals surface area contributed by atoms with Crippen molar-refractivity contribution in [3.8, 4) is 11.5 Å². The van der Waals surface area contributed by atoms with E-state index in [1.54, 1.807) is 0 Å². The van der Waals surface area contributed by atoms with E-state index in [9.17, 15) is 9.90 Å². The second kappa shape index (κ2) is 9.15. The Hall–Kier alpha value is -2.44. The first-order chi connectivity index (χ1) is 12.0. The molecule has 1 amide bonds. The van der Waals surface area contributed by atoms with Crippen LogP contribution in [0.3, 0.4) is 0 Å². The number of nitrogens with zero attached hydrogens (tertiary/aromatic N) is 1.